The third kappa shape index (κ3) is 2.73. The Morgan fingerprint density at radius 2 is 1.90 bits per heavy atom. The summed E-state index contributed by atoms with van der Waals surface area (Å²) in [6, 6.07) is 4.25. The summed E-state index contributed by atoms with van der Waals surface area (Å²) in [5, 5.41) is 9.96. The van der Waals surface area contributed by atoms with Crippen molar-refractivity contribution in [3.63, 3.8) is 0 Å². The maximum absolute atomic E-state index is 13.7. The first-order valence-electron chi connectivity index (χ1n) is 6.98. The summed E-state index contributed by atoms with van der Waals surface area (Å²) in [6.07, 6.45) is 1.99. The molecule has 0 atom stereocenters. The van der Waals surface area contributed by atoms with Crippen LogP contribution in [0.1, 0.15) is 12.8 Å². The van der Waals surface area contributed by atoms with Gasteiger partial charge >= 0.3 is 0 Å². The molecule has 1 fully saturated rings. The smallest absolute Gasteiger partial charge is 0.245 e. The Hall–Kier alpha value is -2.02. The fourth-order valence-corrected chi connectivity index (χ4v) is 2.60. The molecule has 2 aromatic rings. The number of nitrogens with zero attached hydrogens (tertiary/aromatic N) is 3. The average molecular weight is 293 g/mol. The van der Waals surface area contributed by atoms with Crippen LogP contribution in [0, 0.1) is 11.6 Å². The van der Waals surface area contributed by atoms with Crippen LogP contribution in [0.25, 0.3) is 11.4 Å². The summed E-state index contributed by atoms with van der Waals surface area (Å²) >= 11 is 0. The molecule has 5 nitrogen and oxygen atoms in total. The van der Waals surface area contributed by atoms with Crippen LogP contribution in [0.15, 0.2) is 18.2 Å². The summed E-state index contributed by atoms with van der Waals surface area (Å²) in [5.74, 6) is -0.684. The molecule has 7 heteroatoms. The van der Waals surface area contributed by atoms with E-state index in [2.05, 4.69) is 20.5 Å². The van der Waals surface area contributed by atoms with Crippen molar-refractivity contribution >= 4 is 5.95 Å². The van der Waals surface area contributed by atoms with E-state index in [4.69, 9.17) is 0 Å². The van der Waals surface area contributed by atoms with Gasteiger partial charge in [-0.3, -0.25) is 5.10 Å². The molecule has 0 amide bonds. The third-order valence-corrected chi connectivity index (χ3v) is 3.86. The molecule has 0 saturated carbocycles. The molecule has 1 aliphatic heterocycles. The minimum Gasteiger partial charge on any atom is -0.339 e. The van der Waals surface area contributed by atoms with Gasteiger partial charge in [0.1, 0.15) is 11.6 Å². The lowest BCUT2D eigenvalue weighted by atomic mass is 10.1. The van der Waals surface area contributed by atoms with E-state index >= 15 is 0 Å². The van der Waals surface area contributed by atoms with E-state index < -0.39 is 11.6 Å². The van der Waals surface area contributed by atoms with Crippen LogP contribution < -0.4 is 10.2 Å². The van der Waals surface area contributed by atoms with Crippen molar-refractivity contribution in [2.45, 2.75) is 18.9 Å². The summed E-state index contributed by atoms with van der Waals surface area (Å²) in [6.45, 7) is 1.64. The van der Waals surface area contributed by atoms with Crippen molar-refractivity contribution in [1.82, 2.24) is 20.5 Å². The molecule has 0 aliphatic carbocycles. The van der Waals surface area contributed by atoms with Crippen LogP contribution in [0.3, 0.4) is 0 Å². The first-order valence-corrected chi connectivity index (χ1v) is 6.98. The highest BCUT2D eigenvalue weighted by molar-refractivity contribution is 5.58. The van der Waals surface area contributed by atoms with Crippen molar-refractivity contribution in [2.24, 2.45) is 0 Å². The van der Waals surface area contributed by atoms with E-state index in [1.807, 2.05) is 11.9 Å². The quantitative estimate of drug-likeness (QED) is 0.908. The summed E-state index contributed by atoms with van der Waals surface area (Å²) < 4.78 is 27.5. The lowest BCUT2D eigenvalue weighted by Crippen LogP contribution is -2.41. The summed E-state index contributed by atoms with van der Waals surface area (Å²) in [7, 11) is 1.95. The van der Waals surface area contributed by atoms with Gasteiger partial charge in [0.25, 0.3) is 0 Å². The number of H-pyrrole nitrogens is 1. The molecule has 0 spiro atoms. The van der Waals surface area contributed by atoms with E-state index in [0.29, 0.717) is 12.0 Å². The van der Waals surface area contributed by atoms with Crippen LogP contribution in [-0.4, -0.2) is 41.4 Å². The number of hydrogen-bond acceptors (Lipinski definition) is 4. The fraction of sp³-hybridized carbons (Fsp3) is 0.429. The van der Waals surface area contributed by atoms with Crippen molar-refractivity contribution in [3.05, 3.63) is 29.8 Å². The van der Waals surface area contributed by atoms with Gasteiger partial charge in [0.2, 0.25) is 5.95 Å². The van der Waals surface area contributed by atoms with Gasteiger partial charge in [-0.2, -0.15) is 4.98 Å². The Bertz CT molecular complexity index is 599. The van der Waals surface area contributed by atoms with Gasteiger partial charge in [0.05, 0.1) is 5.56 Å². The molecule has 112 valence electrons. The number of piperidine rings is 1. The van der Waals surface area contributed by atoms with E-state index in [1.165, 1.54) is 18.2 Å². The second-order valence-electron chi connectivity index (χ2n) is 5.13. The Morgan fingerprint density at radius 3 is 2.52 bits per heavy atom. The fourth-order valence-electron chi connectivity index (χ4n) is 2.60. The highest BCUT2D eigenvalue weighted by Crippen LogP contribution is 2.25. The highest BCUT2D eigenvalue weighted by Gasteiger charge is 2.22. The SMILES string of the molecule is CNC1CCN(c2n[nH]c(-c3c(F)cccc3F)n2)CC1. The van der Waals surface area contributed by atoms with Crippen LogP contribution in [0.4, 0.5) is 14.7 Å². The predicted molar refractivity (Wildman–Crippen MR) is 76.0 cm³/mol. The van der Waals surface area contributed by atoms with E-state index in [0.717, 1.165) is 25.9 Å². The molecule has 1 aliphatic rings. The molecule has 21 heavy (non-hydrogen) atoms. The zero-order valence-corrected chi connectivity index (χ0v) is 11.7. The van der Waals surface area contributed by atoms with Crippen LogP contribution in [0.2, 0.25) is 0 Å². The molecule has 0 unspecified atom stereocenters. The Balaban J connectivity index is 1.81. The Morgan fingerprint density at radius 1 is 1.24 bits per heavy atom. The number of halogens is 2. The summed E-state index contributed by atoms with van der Waals surface area (Å²) in [4.78, 5) is 6.26. The van der Waals surface area contributed by atoms with Gasteiger partial charge in [0.15, 0.2) is 5.82 Å². The van der Waals surface area contributed by atoms with Gasteiger partial charge in [-0.25, -0.2) is 8.78 Å². The molecule has 3 rings (SSSR count). The molecule has 0 bridgehead atoms. The van der Waals surface area contributed by atoms with E-state index in [-0.39, 0.29) is 11.4 Å². The number of nitrogens with one attached hydrogen (secondary N) is 2. The first-order chi connectivity index (χ1) is 10.2. The lowest BCUT2D eigenvalue weighted by Gasteiger charge is -2.30. The molecular formula is C14H17F2N5. The maximum Gasteiger partial charge on any atom is 0.245 e. The van der Waals surface area contributed by atoms with Gasteiger partial charge < -0.3 is 10.2 Å². The van der Waals surface area contributed by atoms with E-state index in [9.17, 15) is 8.78 Å². The maximum atomic E-state index is 13.7. The van der Waals surface area contributed by atoms with Gasteiger partial charge in [-0.05, 0) is 32.0 Å². The van der Waals surface area contributed by atoms with Gasteiger partial charge in [-0.15, -0.1) is 5.10 Å². The zero-order chi connectivity index (χ0) is 14.8. The van der Waals surface area contributed by atoms with Crippen LogP contribution in [-0.2, 0) is 0 Å². The van der Waals surface area contributed by atoms with Crippen LogP contribution in [0.5, 0.6) is 0 Å². The van der Waals surface area contributed by atoms with Gasteiger partial charge in [0, 0.05) is 19.1 Å². The molecule has 1 aromatic carbocycles. The van der Waals surface area contributed by atoms with Gasteiger partial charge in [-0.1, -0.05) is 6.07 Å². The molecule has 0 radical (unpaired) electrons. The first kappa shape index (κ1) is 13.9. The van der Waals surface area contributed by atoms with Crippen molar-refractivity contribution < 1.29 is 8.78 Å². The number of benzene rings is 1. The Kier molecular flexibility index (Phi) is 3.83. The minimum absolute atomic E-state index is 0.122. The molecule has 2 heterocycles. The normalized spacial score (nSPS) is 16.4. The Labute approximate surface area is 121 Å². The lowest BCUT2D eigenvalue weighted by molar-refractivity contribution is 0.439. The highest BCUT2D eigenvalue weighted by atomic mass is 19.1. The minimum atomic E-state index is -0.647. The van der Waals surface area contributed by atoms with Crippen molar-refractivity contribution in [2.75, 3.05) is 25.0 Å². The van der Waals surface area contributed by atoms with Crippen LogP contribution >= 0.6 is 0 Å². The standard InChI is InChI=1S/C14H17F2N5/c1-17-9-5-7-21(8-6-9)14-18-13(19-20-14)12-10(15)3-2-4-11(12)16/h2-4,9,17H,5-8H2,1H3,(H,18,19,20). The monoisotopic (exact) mass is 293 g/mol. The number of aromatic nitrogens is 3. The topological polar surface area (TPSA) is 56.8 Å². The molecule has 1 saturated heterocycles. The van der Waals surface area contributed by atoms with Crippen molar-refractivity contribution in [1.29, 1.82) is 0 Å². The molecule has 1 aromatic heterocycles. The zero-order valence-electron chi connectivity index (χ0n) is 11.7. The number of hydrogen-bond donors (Lipinski definition) is 2. The third-order valence-electron chi connectivity index (χ3n) is 3.86. The average Bonchev–Trinajstić information content (AvgIpc) is 2.97. The second kappa shape index (κ2) is 5.77. The van der Waals surface area contributed by atoms with Crippen molar-refractivity contribution in [3.8, 4) is 11.4 Å². The summed E-state index contributed by atoms with van der Waals surface area (Å²) in [5.41, 5.74) is -0.165. The second-order valence-corrected chi connectivity index (χ2v) is 5.13. The number of rotatable bonds is 3. The number of anilines is 1. The molecule has 2 N–H and O–H groups in total. The largest absolute Gasteiger partial charge is 0.339 e. The van der Waals surface area contributed by atoms with E-state index in [1.54, 1.807) is 0 Å². The number of aromatic amines is 1. The molecular weight excluding hydrogens is 276 g/mol. The predicted octanol–water partition coefficient (Wildman–Crippen LogP) is 1.94.